The summed E-state index contributed by atoms with van der Waals surface area (Å²) < 4.78 is 89.3. The maximum absolute atomic E-state index is 12.5. The van der Waals surface area contributed by atoms with Crippen molar-refractivity contribution in [1.29, 1.82) is 0 Å². The second-order valence-electron chi connectivity index (χ2n) is 5.98. The van der Waals surface area contributed by atoms with Gasteiger partial charge in [-0.25, -0.2) is 4.98 Å². The van der Waals surface area contributed by atoms with Gasteiger partial charge in [0.15, 0.2) is 5.13 Å². The van der Waals surface area contributed by atoms with Crippen LogP contribution in [0.2, 0.25) is 0 Å². The zero-order valence-electron chi connectivity index (χ0n) is 26.6. The van der Waals surface area contributed by atoms with Crippen LogP contribution in [-0.2, 0) is 17.5 Å². The second kappa shape index (κ2) is 10.2. The lowest BCUT2D eigenvalue weighted by atomic mass is 10.0. The van der Waals surface area contributed by atoms with Crippen molar-refractivity contribution in [3.05, 3.63) is 76.2 Å². The molecular formula is C23H27N3O2S. The maximum atomic E-state index is 12.5. The molecule has 1 heterocycles. The van der Waals surface area contributed by atoms with Gasteiger partial charge in [0.05, 0.1) is 25.0 Å². The number of nitrogens with zero attached hydrogens (tertiary/aromatic N) is 1. The van der Waals surface area contributed by atoms with Crippen LogP contribution in [0.1, 0.15) is 62.8 Å². The molecule has 0 radical (unpaired) electrons. The molecule has 1 atom stereocenters. The number of benzene rings is 2. The van der Waals surface area contributed by atoms with E-state index in [0.717, 1.165) is 11.3 Å². The summed E-state index contributed by atoms with van der Waals surface area (Å²) in [6.45, 7) is 1.39. The number of nitrogen functional groups attached to an aromatic ring is 1. The van der Waals surface area contributed by atoms with Gasteiger partial charge in [-0.3, -0.25) is 4.79 Å². The van der Waals surface area contributed by atoms with E-state index in [9.17, 15) is 9.90 Å². The molecule has 0 spiro atoms. The van der Waals surface area contributed by atoms with E-state index >= 15 is 0 Å². The van der Waals surface area contributed by atoms with E-state index in [1.807, 2.05) is 0 Å². The van der Waals surface area contributed by atoms with Crippen molar-refractivity contribution in [3.8, 4) is 0 Å². The van der Waals surface area contributed by atoms with Crippen molar-refractivity contribution in [1.82, 2.24) is 4.98 Å². The van der Waals surface area contributed by atoms with Crippen molar-refractivity contribution in [3.63, 3.8) is 0 Å². The normalized spacial score (nSPS) is 18.9. The van der Waals surface area contributed by atoms with Gasteiger partial charge in [0, 0.05) is 19.3 Å². The van der Waals surface area contributed by atoms with E-state index in [1.54, 1.807) is 0 Å². The minimum atomic E-state index is -2.65. The molecule has 1 amide bonds. The van der Waals surface area contributed by atoms with Gasteiger partial charge in [0.25, 0.3) is 0 Å². The van der Waals surface area contributed by atoms with Gasteiger partial charge in [-0.1, -0.05) is 48.3 Å². The number of carbonyl (C=O) groups excluding carboxylic acids is 1. The van der Waals surface area contributed by atoms with Crippen molar-refractivity contribution >= 4 is 28.1 Å². The van der Waals surface area contributed by atoms with Crippen LogP contribution in [0.5, 0.6) is 0 Å². The minimum absolute atomic E-state index is 0.0541. The molecule has 5 nitrogen and oxygen atoms in total. The smallest absolute Gasteiger partial charge is 0.230 e. The zero-order valence-corrected chi connectivity index (χ0v) is 16.4. The number of rotatable bonds is 9. The Balaban J connectivity index is 1.73. The van der Waals surface area contributed by atoms with Crippen LogP contribution in [0, 0.1) is 6.92 Å². The van der Waals surface area contributed by atoms with E-state index in [1.165, 1.54) is 31.2 Å². The molecule has 0 fully saturated rings. The van der Waals surface area contributed by atoms with Crippen molar-refractivity contribution in [2.75, 3.05) is 11.1 Å². The summed E-state index contributed by atoms with van der Waals surface area (Å²) in [6, 6.07) is 3.42. The third-order valence-electron chi connectivity index (χ3n) is 3.68. The summed E-state index contributed by atoms with van der Waals surface area (Å²) in [6.07, 6.45) is -10.2. The quantitative estimate of drug-likeness (QED) is 0.470. The number of aliphatic hydroxyl groups is 1. The van der Waals surface area contributed by atoms with Gasteiger partial charge < -0.3 is 16.2 Å². The predicted octanol–water partition coefficient (Wildman–Crippen LogP) is 4.66. The number of nitrogens with one attached hydrogen (secondary N) is 1. The summed E-state index contributed by atoms with van der Waals surface area (Å²) in [4.78, 5) is 16.3. The van der Waals surface area contributed by atoms with Crippen LogP contribution in [0.15, 0.2) is 53.8 Å². The number of nitrogens with two attached hydrogens (primary N) is 1. The first-order valence-electron chi connectivity index (χ1n) is 14.2. The molecule has 3 rings (SSSR count). The monoisotopic (exact) mass is 420 g/mol. The third kappa shape index (κ3) is 6.69. The number of aromatic nitrogens is 1. The van der Waals surface area contributed by atoms with Gasteiger partial charge in [0.1, 0.15) is 0 Å². The number of hydrogen-bond acceptors (Lipinski definition) is 5. The Morgan fingerprint density at radius 2 is 2.00 bits per heavy atom. The molecule has 0 saturated heterocycles. The summed E-state index contributed by atoms with van der Waals surface area (Å²) in [5.41, 5.74) is 4.89. The highest BCUT2D eigenvalue weighted by atomic mass is 32.1. The highest BCUT2D eigenvalue weighted by Crippen LogP contribution is 2.21. The van der Waals surface area contributed by atoms with Gasteiger partial charge in [0.2, 0.25) is 5.91 Å². The fraction of sp³-hybridized carbons (Fsp3) is 0.304. The molecule has 3 aromatic rings. The lowest BCUT2D eigenvalue weighted by Crippen LogP contribution is -2.14. The first-order valence-corrected chi connectivity index (χ1v) is 9.53. The van der Waals surface area contributed by atoms with E-state index in [0.29, 0.717) is 0 Å². The van der Waals surface area contributed by atoms with Crippen molar-refractivity contribution in [2.24, 2.45) is 0 Å². The van der Waals surface area contributed by atoms with Gasteiger partial charge in [-0.15, -0.1) is 11.3 Å². The number of anilines is 2. The zero-order chi connectivity index (χ0) is 30.4. The maximum Gasteiger partial charge on any atom is 0.230 e. The molecule has 0 bridgehead atoms. The number of amides is 1. The molecule has 29 heavy (non-hydrogen) atoms. The molecular weight excluding hydrogens is 382 g/mol. The third-order valence-corrected chi connectivity index (χ3v) is 4.28. The Morgan fingerprint density at radius 3 is 2.66 bits per heavy atom. The summed E-state index contributed by atoms with van der Waals surface area (Å²) in [5.74, 6) is -1.10. The first kappa shape index (κ1) is 10.9. The molecule has 2 aromatic carbocycles. The van der Waals surface area contributed by atoms with Crippen LogP contribution in [0.25, 0.3) is 0 Å². The van der Waals surface area contributed by atoms with E-state index in [-0.39, 0.29) is 27.3 Å². The molecule has 0 saturated carbocycles. The summed E-state index contributed by atoms with van der Waals surface area (Å²) >= 11 is 0.728. The fourth-order valence-electron chi connectivity index (χ4n) is 2.29. The Morgan fingerprint density at radius 1 is 1.28 bits per heavy atom. The van der Waals surface area contributed by atoms with Crippen LogP contribution in [-0.4, -0.2) is 16.0 Å². The number of aliphatic hydroxyl groups excluding tert-OH is 1. The van der Waals surface area contributed by atoms with Crippen LogP contribution in [0.4, 0.5) is 10.8 Å². The standard InChI is InChI=1S/C23H27N3O2S/c1-16-6-10-18(11-7-16)21(27)5-3-2-4-17-8-12-19(13-9-17)25-22(28)14-20-15-29-23(24)26-20/h6-13,15,21,27H,2-5,14H2,1H3,(H2,24,26)(H,25,28)/t21-/m0/s1/i4D2,5D2,6D,7D,10D,11D,14D2,15D. The minimum Gasteiger partial charge on any atom is -0.388 e. The predicted molar refractivity (Wildman–Crippen MR) is 119 cm³/mol. The SMILES string of the molecule is [2H]c1sc(N)nc1C([2H])([2H])C(=O)Nc1ccc(C([2H])([2H])CCC([2H])([2H])[C@H](O)c2c([2H])c([2H])c(C)c([2H])c2[2H])cc1. The average Bonchev–Trinajstić information content (AvgIpc) is 3.24. The Labute approximate surface area is 191 Å². The lowest BCUT2D eigenvalue weighted by molar-refractivity contribution is -0.115. The van der Waals surface area contributed by atoms with Crippen molar-refractivity contribution < 1.29 is 25.0 Å². The Hall–Kier alpha value is -2.70. The van der Waals surface area contributed by atoms with E-state index < -0.39 is 79.4 Å². The van der Waals surface area contributed by atoms with E-state index in [2.05, 4.69) is 10.3 Å². The molecule has 0 aliphatic heterocycles. The molecule has 4 N–H and O–H groups in total. The highest BCUT2D eigenvalue weighted by Gasteiger charge is 2.08. The van der Waals surface area contributed by atoms with Gasteiger partial charge in [-0.05, 0) is 49.4 Å². The first-order chi connectivity index (χ1) is 18.3. The number of carbonyl (C=O) groups is 1. The molecule has 1 aromatic heterocycles. The van der Waals surface area contributed by atoms with Gasteiger partial charge in [-0.2, -0.15) is 0 Å². The van der Waals surface area contributed by atoms with Crippen LogP contribution in [0.3, 0.4) is 0 Å². The molecule has 0 aliphatic rings. The molecule has 0 aliphatic carbocycles. The molecule has 152 valence electrons. The average molecular weight is 421 g/mol. The van der Waals surface area contributed by atoms with Crippen LogP contribution < -0.4 is 11.1 Å². The van der Waals surface area contributed by atoms with Gasteiger partial charge >= 0.3 is 0 Å². The number of hydrogen-bond donors (Lipinski definition) is 3. The van der Waals surface area contributed by atoms with E-state index in [4.69, 9.17) is 20.8 Å². The van der Waals surface area contributed by atoms with Crippen molar-refractivity contribution in [2.45, 2.75) is 45.0 Å². The van der Waals surface area contributed by atoms with Crippen LogP contribution >= 0.6 is 11.3 Å². The molecule has 0 unspecified atom stereocenters. The summed E-state index contributed by atoms with van der Waals surface area (Å²) in [5, 5.41) is 12.7. The fourth-order valence-corrected chi connectivity index (χ4v) is 2.73. The topological polar surface area (TPSA) is 88.2 Å². The Kier molecular flexibility index (Phi) is 3.83. The lowest BCUT2D eigenvalue weighted by Gasteiger charge is -2.11. The largest absolute Gasteiger partial charge is 0.388 e. The summed E-state index contributed by atoms with van der Waals surface area (Å²) in [7, 11) is 0. The highest BCUT2D eigenvalue weighted by molar-refractivity contribution is 7.13. The number of thiazole rings is 1. The molecule has 6 heteroatoms. The Bertz CT molecular complexity index is 1400. The second-order valence-corrected chi connectivity index (χ2v) is 6.81. The number of aryl methyl sites for hydroxylation is 1.